The van der Waals surface area contributed by atoms with Crippen LogP contribution in [-0.2, 0) is 120 Å². The number of primary amides is 1. The van der Waals surface area contributed by atoms with Crippen molar-refractivity contribution in [3.05, 3.63) is 90.1 Å². The predicted molar refractivity (Wildman–Crippen MR) is 518 cm³/mol. The van der Waals surface area contributed by atoms with Crippen molar-refractivity contribution in [3.63, 3.8) is 0 Å². The molecule has 47 heteroatoms. The molecular weight excluding hydrogens is 1860 g/mol. The van der Waals surface area contributed by atoms with Gasteiger partial charge in [-0.05, 0) is 133 Å². The number of aromatic nitrogens is 3. The topological polar surface area (TPSA) is 710 Å². The van der Waals surface area contributed by atoms with Crippen molar-refractivity contribution in [1.82, 2.24) is 98.8 Å². The minimum Gasteiger partial charge on any atom is -0.481 e. The van der Waals surface area contributed by atoms with Crippen molar-refractivity contribution in [2.24, 2.45) is 11.5 Å². The van der Waals surface area contributed by atoms with Crippen LogP contribution in [0.5, 0.6) is 0 Å². The molecule has 11 atom stereocenters. The second-order valence-electron chi connectivity index (χ2n) is 36.1. The first-order valence-electron chi connectivity index (χ1n) is 49.4. The zero-order valence-corrected chi connectivity index (χ0v) is 81.3. The molecule has 2 aromatic heterocycles. The second kappa shape index (κ2) is 63.9. The number of carboxylic acid groups (broad SMARTS) is 4. The molecule has 0 bridgehead atoms. The first-order valence-corrected chi connectivity index (χ1v) is 49.4. The molecule has 0 radical (unpaired) electrons. The van der Waals surface area contributed by atoms with Gasteiger partial charge in [-0.3, -0.25) is 101 Å². The molecule has 788 valence electrons. The van der Waals surface area contributed by atoms with E-state index in [9.17, 15) is 82.4 Å². The van der Waals surface area contributed by atoms with Gasteiger partial charge in [0.25, 0.3) is 0 Å². The number of likely N-dealkylation sites (tertiary alicyclic amines) is 2. The summed E-state index contributed by atoms with van der Waals surface area (Å²) in [5.41, 5.74) is 13.4. The maximum Gasteiger partial charge on any atom is 0.317 e. The Kier molecular flexibility index (Phi) is 52.0. The van der Waals surface area contributed by atoms with Gasteiger partial charge in [0, 0.05) is 108 Å². The maximum absolute atomic E-state index is 15.7. The Morgan fingerprint density at radius 1 is 0.524 bits per heavy atom. The third-order valence-corrected chi connectivity index (χ3v) is 24.7. The summed E-state index contributed by atoms with van der Waals surface area (Å²) in [6, 6.07) is -1.28. The van der Waals surface area contributed by atoms with Gasteiger partial charge in [-0.25, -0.2) is 4.98 Å². The number of nitrogens with zero attached hydrogens (tertiary/aromatic N) is 4. The Labute approximate surface area is 829 Å². The number of carbonyl (C=O) groups excluding carboxylic acids is 15. The van der Waals surface area contributed by atoms with Crippen molar-refractivity contribution in [3.8, 4) is 0 Å². The van der Waals surface area contributed by atoms with Crippen molar-refractivity contribution in [2.45, 2.75) is 292 Å². The minimum atomic E-state index is -1.98. The normalized spacial score (nSPS) is 19.1. The Bertz CT molecular complexity index is 4830. The van der Waals surface area contributed by atoms with Gasteiger partial charge in [0.15, 0.2) is 5.96 Å². The van der Waals surface area contributed by atoms with Crippen LogP contribution >= 0.6 is 0 Å². The zero-order valence-electron chi connectivity index (χ0n) is 81.3. The lowest BCUT2D eigenvalue weighted by Crippen LogP contribution is -2.61. The highest BCUT2D eigenvalue weighted by Gasteiger charge is 2.46. The first-order chi connectivity index (χ1) is 68.6. The molecule has 2 aromatic carbocycles. The number of aliphatic carboxylic acids is 4. The molecule has 3 aliphatic heterocycles. The highest BCUT2D eigenvalue weighted by molar-refractivity contribution is 6.01. The smallest absolute Gasteiger partial charge is 0.317 e. The lowest BCUT2D eigenvalue weighted by molar-refractivity contribution is -0.148. The van der Waals surface area contributed by atoms with E-state index in [4.69, 9.17) is 31.5 Å². The monoisotopic (exact) mass is 2010 g/mol. The number of aromatic amines is 2. The predicted octanol–water partition coefficient (Wildman–Crippen LogP) is -0.179. The van der Waals surface area contributed by atoms with E-state index in [0.29, 0.717) is 40.7 Å². The summed E-state index contributed by atoms with van der Waals surface area (Å²) in [6.07, 6.45) is 15.0. The molecule has 0 aliphatic carbocycles. The lowest BCUT2D eigenvalue weighted by atomic mass is 10.0. The summed E-state index contributed by atoms with van der Waals surface area (Å²) in [7, 11) is 0. The van der Waals surface area contributed by atoms with E-state index < -0.39 is 199 Å². The van der Waals surface area contributed by atoms with Crippen LogP contribution in [-0.4, -0.2) is 320 Å². The van der Waals surface area contributed by atoms with Gasteiger partial charge in [0.1, 0.15) is 73.1 Å². The van der Waals surface area contributed by atoms with Crippen molar-refractivity contribution in [1.29, 1.82) is 5.41 Å². The number of fused-ring (bicyclic) bond motifs is 1. The molecule has 3 fully saturated rings. The number of H-pyrrole nitrogens is 2. The summed E-state index contributed by atoms with van der Waals surface area (Å²) >= 11 is 0. The average molecular weight is 2010 g/mol. The molecule has 0 saturated carbocycles. The minimum absolute atomic E-state index is 0.00591. The SMILES string of the molecule is CC(=O)N[C@H]1CCC(=O)NCCC[C@@H](C(=O)N2CCC[C@H]2C(=O)N2CCC[C@H]2C(=O)N[C@@H](CC(=O)O)C(=O)N[C@@H](CCCCN(CC(=O)O)CC(=O)O)C(=O)N[C@@H](CCCCNC(=O)COCCOCCNC(=O)CCCCCCCCCCCCCCC(=O)O)C(N)=O)NC(=O)[C@H](Cc2c[nH]c3ccccc23)NC(=O)[C@H](CCCNC(=N)N)NC(=O)[C@@H](Cc2ccccc2)NC(=O)[C@H](Cc2c[nH]cn2)NC1=O. The molecule has 24 N–H and O–H groups in total. The van der Waals surface area contributed by atoms with Crippen LogP contribution in [0.4, 0.5) is 0 Å². The van der Waals surface area contributed by atoms with Gasteiger partial charge in [0.2, 0.25) is 88.6 Å². The van der Waals surface area contributed by atoms with Crippen molar-refractivity contribution < 1.29 is 121 Å². The number of imidazole rings is 1. The van der Waals surface area contributed by atoms with Gasteiger partial charge >= 0.3 is 23.9 Å². The van der Waals surface area contributed by atoms with E-state index in [0.717, 1.165) is 76.0 Å². The van der Waals surface area contributed by atoms with Gasteiger partial charge in [-0.15, -0.1) is 0 Å². The first kappa shape index (κ1) is 116. The Morgan fingerprint density at radius 2 is 1.09 bits per heavy atom. The molecule has 15 amide bonds. The molecule has 3 saturated heterocycles. The fraction of sp³-hybridized carbons (Fsp3) is 0.615. The molecule has 3 aliphatic rings. The highest BCUT2D eigenvalue weighted by Crippen LogP contribution is 2.28. The zero-order chi connectivity index (χ0) is 104. The molecule has 5 heterocycles. The number of benzene rings is 2. The third-order valence-electron chi connectivity index (χ3n) is 24.7. The summed E-state index contributed by atoms with van der Waals surface area (Å²) in [5.74, 6) is -17.7. The van der Waals surface area contributed by atoms with E-state index in [1.807, 2.05) is 0 Å². The number of hydrogen-bond donors (Lipinski definition) is 22. The summed E-state index contributed by atoms with van der Waals surface area (Å²) in [4.78, 5) is 275. The number of nitrogens with two attached hydrogens (primary N) is 2. The molecule has 0 unspecified atom stereocenters. The van der Waals surface area contributed by atoms with E-state index in [1.54, 1.807) is 60.8 Å². The summed E-state index contributed by atoms with van der Waals surface area (Å²) in [6.45, 7) is -0.150. The van der Waals surface area contributed by atoms with E-state index in [1.165, 1.54) is 35.2 Å². The number of para-hydroxylation sites is 1. The summed E-state index contributed by atoms with van der Waals surface area (Å²) in [5, 5.41) is 81.2. The molecule has 4 aromatic rings. The number of unbranched alkanes of at least 4 members (excludes halogenated alkanes) is 13. The summed E-state index contributed by atoms with van der Waals surface area (Å²) < 4.78 is 11.0. The molecule has 7 rings (SSSR count). The molecular formula is C96H144N22O25. The Morgan fingerprint density at radius 3 is 1.73 bits per heavy atom. The van der Waals surface area contributed by atoms with Crippen LogP contribution in [0.1, 0.15) is 223 Å². The Hall–Kier alpha value is -13.7. The van der Waals surface area contributed by atoms with Crippen LogP contribution in [0.2, 0.25) is 0 Å². The molecule has 47 nitrogen and oxygen atoms in total. The standard InChI is InChI=1S/C96H144N22O25/c1-61(119)107-70-39-40-79(121)101-42-24-34-71(111-90(136)73(52-63-55-105-66-30-18-17-29-65(63)66)113-87(133)69(33-23-43-104-96(98)99)110-89(135)72(51-62-27-13-12-14-28-62)112-91(137)74(114-88(70)134)53-64-56-100-60-106-64)94(140)118-47-26-36-77(118)95(141)117-46-25-35-76(117)93(139)115-75(54-82(125)126)92(138)109-68(32-20-22-45-116(57-83(127)128)58-84(129)130)86(132)108-67(85(97)131)31-19-21-41-102-80(122)59-143-50-49-142-48-44-103-78(120)37-15-10-8-6-4-2-3-5-7-9-11-16-38-81(123)124/h12-14,17-18,27-30,55-56,60,67-77,105H,2-11,15-16,19-26,31-54,57-59H2,1H3,(H2,97,131)(H,100,106)(H,101,121)(H,102,122)(H,103,120)(H,107,119)(H,108,132)(H,109,138)(H,110,135)(H,111,136)(H,112,137)(H,113,133)(H,114,134)(H,115,139)(H,123,124)(H,125,126)(H,127,128)(H,129,130)(H4,98,99,104)/t67-,68-,69-,70-,71-,72+,73-,74-,75-,76-,77-/m0/s1. The Balaban J connectivity index is 1.03. The lowest BCUT2D eigenvalue weighted by Gasteiger charge is -2.34. The number of amides is 15. The van der Waals surface area contributed by atoms with Gasteiger partial charge in [0.05, 0.1) is 51.4 Å². The quantitative estimate of drug-likeness (QED) is 0.0155. The largest absolute Gasteiger partial charge is 0.481 e. The molecule has 0 spiro atoms. The number of guanidine groups is 1. The number of rotatable bonds is 59. The van der Waals surface area contributed by atoms with Gasteiger partial charge < -0.3 is 130 Å². The number of carbonyl (C=O) groups is 19. The van der Waals surface area contributed by atoms with E-state index >= 15 is 24.0 Å². The van der Waals surface area contributed by atoms with Crippen LogP contribution in [0.3, 0.4) is 0 Å². The van der Waals surface area contributed by atoms with E-state index in [2.05, 4.69) is 84.1 Å². The number of carboxylic acids is 4. The second-order valence-corrected chi connectivity index (χ2v) is 36.1. The maximum atomic E-state index is 15.7. The highest BCUT2D eigenvalue weighted by atomic mass is 16.5. The van der Waals surface area contributed by atoms with Crippen LogP contribution in [0, 0.1) is 5.41 Å². The van der Waals surface area contributed by atoms with Crippen LogP contribution in [0.15, 0.2) is 73.3 Å². The van der Waals surface area contributed by atoms with Gasteiger partial charge in [-0.1, -0.05) is 113 Å². The third kappa shape index (κ3) is 44.1. The van der Waals surface area contributed by atoms with Gasteiger partial charge in [-0.2, -0.15) is 0 Å². The van der Waals surface area contributed by atoms with Crippen LogP contribution in [0.25, 0.3) is 10.9 Å². The number of ether oxygens (including phenoxy) is 2. The number of nitrogens with one attached hydrogen (secondary N) is 16. The van der Waals surface area contributed by atoms with Crippen molar-refractivity contribution >= 4 is 129 Å². The fourth-order valence-electron chi connectivity index (χ4n) is 17.3. The van der Waals surface area contributed by atoms with E-state index in [-0.39, 0.29) is 200 Å². The molecule has 143 heavy (non-hydrogen) atoms. The van der Waals surface area contributed by atoms with Crippen molar-refractivity contribution in [2.75, 3.05) is 85.3 Å². The fourth-order valence-corrected chi connectivity index (χ4v) is 17.3. The van der Waals surface area contributed by atoms with Crippen LogP contribution < -0.4 is 80.6 Å². The average Bonchev–Trinajstić information content (AvgIpc) is 1.67. The number of hydrogen-bond acceptors (Lipinski definition) is 24.